The number of nitriles is 1. The summed E-state index contributed by atoms with van der Waals surface area (Å²) in [7, 11) is -4.70. The van der Waals surface area contributed by atoms with Crippen molar-refractivity contribution in [3.63, 3.8) is 0 Å². The molecule has 0 unspecified atom stereocenters. The Kier molecular flexibility index (Phi) is 6.59. The summed E-state index contributed by atoms with van der Waals surface area (Å²) in [5.74, 6) is -0.0913. The molecule has 134 valence electrons. The van der Waals surface area contributed by atoms with Gasteiger partial charge in [-0.05, 0) is 26.0 Å². The van der Waals surface area contributed by atoms with E-state index in [2.05, 4.69) is 4.72 Å². The average molecular weight is 375 g/mol. The number of rotatable bonds is 8. The van der Waals surface area contributed by atoms with Crippen LogP contribution in [0.15, 0.2) is 23.1 Å². The fourth-order valence-electron chi connectivity index (χ4n) is 1.85. The van der Waals surface area contributed by atoms with E-state index in [0.29, 0.717) is 0 Å². The number of sulfonamides is 2. The highest BCUT2D eigenvalue weighted by molar-refractivity contribution is 7.92. The fourth-order valence-corrected chi connectivity index (χ4v) is 3.97. The minimum Gasteiger partial charge on any atom is -0.495 e. The summed E-state index contributed by atoms with van der Waals surface area (Å²) in [6.45, 7) is 3.11. The molecule has 0 bridgehead atoms. The smallest absolute Gasteiger partial charge is 0.246 e. The van der Waals surface area contributed by atoms with Gasteiger partial charge in [0.1, 0.15) is 10.6 Å². The van der Waals surface area contributed by atoms with Crippen LogP contribution in [0.5, 0.6) is 5.75 Å². The Morgan fingerprint density at radius 3 is 2.46 bits per heavy atom. The van der Waals surface area contributed by atoms with Crippen molar-refractivity contribution < 1.29 is 21.6 Å². The first kappa shape index (κ1) is 20.2. The lowest BCUT2D eigenvalue weighted by Crippen LogP contribution is -2.35. The van der Waals surface area contributed by atoms with E-state index in [4.69, 9.17) is 10.00 Å². The van der Waals surface area contributed by atoms with E-state index < -0.39 is 26.1 Å². The van der Waals surface area contributed by atoms with Gasteiger partial charge < -0.3 is 4.74 Å². The second-order valence-electron chi connectivity index (χ2n) is 5.10. The van der Waals surface area contributed by atoms with E-state index >= 15 is 0 Å². The van der Waals surface area contributed by atoms with Crippen LogP contribution in [-0.4, -0.2) is 47.1 Å². The molecule has 0 fully saturated rings. The Hall–Kier alpha value is -1.83. The van der Waals surface area contributed by atoms with Gasteiger partial charge in [0.25, 0.3) is 0 Å². The second kappa shape index (κ2) is 7.83. The van der Waals surface area contributed by atoms with Gasteiger partial charge in [0.2, 0.25) is 20.0 Å². The molecule has 0 saturated heterocycles. The molecule has 1 aromatic carbocycles. The van der Waals surface area contributed by atoms with E-state index in [9.17, 15) is 16.8 Å². The van der Waals surface area contributed by atoms with Crippen molar-refractivity contribution in [2.24, 2.45) is 0 Å². The first-order valence-electron chi connectivity index (χ1n) is 7.12. The van der Waals surface area contributed by atoms with Gasteiger partial charge in [-0.2, -0.15) is 9.57 Å². The van der Waals surface area contributed by atoms with Gasteiger partial charge in [0, 0.05) is 19.2 Å². The summed E-state index contributed by atoms with van der Waals surface area (Å²) in [5, 5.41) is 8.73. The van der Waals surface area contributed by atoms with E-state index in [1.165, 1.54) is 39.3 Å². The monoisotopic (exact) mass is 375 g/mol. The van der Waals surface area contributed by atoms with Gasteiger partial charge in [-0.1, -0.05) is 0 Å². The summed E-state index contributed by atoms with van der Waals surface area (Å²) in [6.07, 6.45) is 0.0480. The molecule has 0 aliphatic carbocycles. The lowest BCUT2D eigenvalue weighted by Gasteiger charge is -2.23. The van der Waals surface area contributed by atoms with E-state index in [1.807, 2.05) is 6.07 Å². The predicted molar refractivity (Wildman–Crippen MR) is 90.7 cm³/mol. The molecule has 0 aliphatic rings. The molecule has 1 N–H and O–H groups in total. The number of hydrogen-bond donors (Lipinski definition) is 1. The predicted octanol–water partition coefficient (Wildman–Crippen LogP) is 1.38. The molecule has 0 spiro atoms. The van der Waals surface area contributed by atoms with Crippen molar-refractivity contribution in [2.75, 3.05) is 24.6 Å². The average Bonchev–Trinajstić information content (AvgIpc) is 2.53. The maximum Gasteiger partial charge on any atom is 0.246 e. The van der Waals surface area contributed by atoms with Crippen molar-refractivity contribution in [2.45, 2.75) is 31.2 Å². The minimum absolute atomic E-state index is 0.0160. The van der Waals surface area contributed by atoms with Crippen molar-refractivity contribution in [1.82, 2.24) is 4.31 Å². The maximum absolute atomic E-state index is 12.7. The Labute approximate surface area is 143 Å². The highest BCUT2D eigenvalue weighted by Gasteiger charge is 2.28. The molecule has 0 heterocycles. The Bertz CT molecular complexity index is 828. The fraction of sp³-hybridized carbons (Fsp3) is 0.500. The SMILES string of the molecule is CCS(=O)(=O)Nc1ccc(S(=O)(=O)N(C)[C@H](C)CC#N)c(OC)c1. The Balaban J connectivity index is 3.28. The molecule has 1 atom stereocenters. The largest absolute Gasteiger partial charge is 0.495 e. The van der Waals surface area contributed by atoms with Gasteiger partial charge >= 0.3 is 0 Å². The van der Waals surface area contributed by atoms with Crippen molar-refractivity contribution in [3.05, 3.63) is 18.2 Å². The zero-order chi connectivity index (χ0) is 18.5. The summed E-state index contributed by atoms with van der Waals surface area (Å²) < 4.78 is 57.1. The number of anilines is 1. The molecule has 8 nitrogen and oxygen atoms in total. The molecule has 10 heteroatoms. The number of methoxy groups -OCH3 is 1. The Morgan fingerprint density at radius 2 is 1.96 bits per heavy atom. The van der Waals surface area contributed by atoms with Crippen LogP contribution in [0.2, 0.25) is 0 Å². The molecule has 0 saturated carbocycles. The molecule has 0 amide bonds. The van der Waals surface area contributed by atoms with Crippen LogP contribution >= 0.6 is 0 Å². The van der Waals surface area contributed by atoms with E-state index in [-0.39, 0.29) is 28.5 Å². The quantitative estimate of drug-likeness (QED) is 0.733. The highest BCUT2D eigenvalue weighted by atomic mass is 32.2. The third-order valence-electron chi connectivity index (χ3n) is 3.48. The van der Waals surface area contributed by atoms with Crippen molar-refractivity contribution in [3.8, 4) is 11.8 Å². The second-order valence-corrected chi connectivity index (χ2v) is 9.08. The molecule has 0 aliphatic heterocycles. The van der Waals surface area contributed by atoms with Crippen molar-refractivity contribution >= 4 is 25.7 Å². The number of ether oxygens (including phenoxy) is 1. The lowest BCUT2D eigenvalue weighted by molar-refractivity contribution is 0.379. The van der Waals surface area contributed by atoms with Crippen LogP contribution in [0.1, 0.15) is 20.3 Å². The van der Waals surface area contributed by atoms with Gasteiger partial charge in [0.05, 0.1) is 31.0 Å². The highest BCUT2D eigenvalue weighted by Crippen LogP contribution is 2.30. The molecule has 1 aromatic rings. The third kappa shape index (κ3) is 4.59. The van der Waals surface area contributed by atoms with Gasteiger partial charge in [0.15, 0.2) is 0 Å². The van der Waals surface area contributed by atoms with Gasteiger partial charge in [-0.25, -0.2) is 16.8 Å². The minimum atomic E-state index is -3.89. The molecule has 24 heavy (non-hydrogen) atoms. The van der Waals surface area contributed by atoms with Crippen LogP contribution < -0.4 is 9.46 Å². The molecular formula is C14H21N3O5S2. The Morgan fingerprint density at radius 1 is 1.33 bits per heavy atom. The molecule has 0 radical (unpaired) electrons. The standard InChI is InChI=1S/C14H21N3O5S2/c1-5-23(18,19)16-12-6-7-14(13(10-12)22-4)24(20,21)17(3)11(2)8-9-15/h6-7,10-11,16H,5,8H2,1-4H3/t11-/m1/s1. The zero-order valence-corrected chi connectivity index (χ0v) is 15.6. The van der Waals surface area contributed by atoms with Crippen LogP contribution in [0.3, 0.4) is 0 Å². The summed E-state index contributed by atoms with van der Waals surface area (Å²) in [4.78, 5) is -0.100. The summed E-state index contributed by atoms with van der Waals surface area (Å²) in [5.41, 5.74) is 0.209. The first-order valence-corrected chi connectivity index (χ1v) is 10.2. The lowest BCUT2D eigenvalue weighted by atomic mass is 10.3. The molecule has 0 aromatic heterocycles. The topological polar surface area (TPSA) is 117 Å². The maximum atomic E-state index is 12.7. The van der Waals surface area contributed by atoms with E-state index in [0.717, 1.165) is 4.31 Å². The molecule has 1 rings (SSSR count). The first-order chi connectivity index (χ1) is 11.1. The zero-order valence-electron chi connectivity index (χ0n) is 14.0. The van der Waals surface area contributed by atoms with Crippen LogP contribution in [-0.2, 0) is 20.0 Å². The third-order valence-corrected chi connectivity index (χ3v) is 6.80. The van der Waals surface area contributed by atoms with Crippen LogP contribution in [0.25, 0.3) is 0 Å². The van der Waals surface area contributed by atoms with Crippen molar-refractivity contribution in [1.29, 1.82) is 5.26 Å². The van der Waals surface area contributed by atoms with E-state index in [1.54, 1.807) is 6.92 Å². The number of nitrogens with zero attached hydrogens (tertiary/aromatic N) is 2. The summed E-state index contributed by atoms with van der Waals surface area (Å²) >= 11 is 0. The normalized spacial score (nSPS) is 13.3. The van der Waals surface area contributed by atoms with Crippen LogP contribution in [0.4, 0.5) is 5.69 Å². The number of hydrogen-bond acceptors (Lipinski definition) is 6. The number of nitrogens with one attached hydrogen (secondary N) is 1. The van der Waals surface area contributed by atoms with Gasteiger partial charge in [-0.15, -0.1) is 0 Å². The van der Waals surface area contributed by atoms with Crippen LogP contribution in [0, 0.1) is 11.3 Å². The number of benzene rings is 1. The summed E-state index contributed by atoms with van der Waals surface area (Å²) in [6, 6.07) is 5.35. The van der Waals surface area contributed by atoms with Gasteiger partial charge in [-0.3, -0.25) is 4.72 Å². The molecular weight excluding hydrogens is 354 g/mol.